The molecule has 48 heavy (non-hydrogen) atoms. The van der Waals surface area contributed by atoms with Gasteiger partial charge in [0.05, 0.1) is 38.0 Å². The zero-order valence-corrected chi connectivity index (χ0v) is 29.7. The van der Waals surface area contributed by atoms with Crippen molar-refractivity contribution < 1.29 is 60.1 Å². The number of imidazole rings is 4. The Kier molecular flexibility index (Phi) is 8.15. The van der Waals surface area contributed by atoms with Gasteiger partial charge >= 0.3 is 0 Å². The summed E-state index contributed by atoms with van der Waals surface area (Å²) in [6.07, 6.45) is 30.4. The van der Waals surface area contributed by atoms with E-state index in [-0.39, 0.29) is 42.1 Å². The fourth-order valence-corrected chi connectivity index (χ4v) is 5.70. The van der Waals surface area contributed by atoms with Gasteiger partial charge < -0.3 is 56.2 Å². The van der Waals surface area contributed by atoms with E-state index >= 15 is 0 Å². The van der Waals surface area contributed by atoms with Gasteiger partial charge in [0.25, 0.3) is 0 Å². The van der Waals surface area contributed by atoms with Crippen molar-refractivity contribution in [2.75, 3.05) is 0 Å². The normalized spacial score (nSPS) is 11.2. The number of rotatable bonds is 4. The average molecular weight is 993 g/mol. The van der Waals surface area contributed by atoms with E-state index in [9.17, 15) is 0 Å². The van der Waals surface area contributed by atoms with Crippen LogP contribution in [0.2, 0.25) is 0 Å². The molecule has 0 saturated heterocycles. The van der Waals surface area contributed by atoms with Gasteiger partial charge in [0.15, 0.2) is 0 Å². The molecule has 0 bridgehead atoms. The van der Waals surface area contributed by atoms with Crippen LogP contribution in [-0.2, 0) is 56.2 Å². The van der Waals surface area contributed by atoms with Crippen molar-refractivity contribution in [1.82, 2.24) is 38.2 Å². The molecule has 10 rings (SSSR count). The zero-order valence-electron chi connectivity index (χ0n) is 25.2. The number of furan rings is 2. The third-order valence-corrected chi connectivity index (χ3v) is 7.82. The third kappa shape index (κ3) is 5.08. The molecule has 0 atom stereocenters. The summed E-state index contributed by atoms with van der Waals surface area (Å²) in [5.41, 5.74) is 8.54. The summed E-state index contributed by atoms with van der Waals surface area (Å²) in [6.45, 7) is 0. The van der Waals surface area contributed by atoms with Crippen LogP contribution in [0.15, 0.2) is 107 Å². The minimum atomic E-state index is 0. The molecule has 10 aromatic rings. The van der Waals surface area contributed by atoms with E-state index in [1.54, 1.807) is 24.9 Å². The van der Waals surface area contributed by atoms with Gasteiger partial charge in [-0.25, -0.2) is 0 Å². The average Bonchev–Trinajstić information content (AvgIpc) is 3.88. The summed E-state index contributed by atoms with van der Waals surface area (Å²) in [6, 6.07) is 12.0. The Labute approximate surface area is 301 Å². The molecule has 0 aliphatic carbocycles. The van der Waals surface area contributed by atoms with Crippen LogP contribution in [-0.4, -0.2) is 28.2 Å². The van der Waals surface area contributed by atoms with Gasteiger partial charge in [0.1, 0.15) is 11.2 Å². The molecule has 0 fully saturated rings. The standard InChI is InChI=1S/2C17H11N5O.2Pt/c2*1-20-7-8-22(11-20)14-9-23-17-12-3-2-4-13(15(12)19-16(14)17)21-6-5-18-10-21;;/h2*2-9H,1H3;;/q2*-2;;. The first kappa shape index (κ1) is 31.4. The van der Waals surface area contributed by atoms with Crippen molar-refractivity contribution >= 4 is 44.0 Å². The van der Waals surface area contributed by atoms with Crippen molar-refractivity contribution in [2.24, 2.45) is 14.1 Å². The van der Waals surface area contributed by atoms with E-state index in [0.717, 1.165) is 66.8 Å². The van der Waals surface area contributed by atoms with E-state index in [1.165, 1.54) is 0 Å². The quantitative estimate of drug-likeness (QED) is 0.196. The molecule has 0 N–H and O–H groups in total. The van der Waals surface area contributed by atoms with Gasteiger partial charge in [-0.15, -0.1) is 11.0 Å². The molecular weight excluding hydrogens is 971 g/mol. The maximum atomic E-state index is 5.79. The van der Waals surface area contributed by atoms with Crippen LogP contribution in [0.3, 0.4) is 0 Å². The number of fused-ring (bicyclic) bond motifs is 6. The maximum absolute atomic E-state index is 5.79. The van der Waals surface area contributed by atoms with Gasteiger partial charge in [-0.05, 0) is 22.1 Å². The molecule has 0 amide bonds. The van der Waals surface area contributed by atoms with Gasteiger partial charge in [0, 0.05) is 79.6 Å². The molecule has 0 radical (unpaired) electrons. The van der Waals surface area contributed by atoms with Crippen LogP contribution >= 0.6 is 0 Å². The van der Waals surface area contributed by atoms with Gasteiger partial charge in [-0.3, -0.25) is 0 Å². The van der Waals surface area contributed by atoms with Crippen LogP contribution in [0.5, 0.6) is 0 Å². The second-order valence-electron chi connectivity index (χ2n) is 10.7. The zero-order chi connectivity index (χ0) is 30.8. The fraction of sp³-hybridized carbons (Fsp3) is 0.0588. The van der Waals surface area contributed by atoms with Crippen molar-refractivity contribution in [2.45, 2.75) is 0 Å². The molecule has 0 spiro atoms. The van der Waals surface area contributed by atoms with E-state index in [4.69, 9.17) is 18.8 Å². The third-order valence-electron chi connectivity index (χ3n) is 7.82. The first-order valence-electron chi connectivity index (χ1n) is 14.3. The van der Waals surface area contributed by atoms with E-state index in [1.807, 2.05) is 115 Å². The summed E-state index contributed by atoms with van der Waals surface area (Å²) in [5, 5.41) is 1.95. The molecule has 14 heteroatoms. The molecular formula is C34H22N10O2Pt2-4. The maximum Gasteiger partial charge on any atom is 0.243 e. The van der Waals surface area contributed by atoms with Crippen molar-refractivity contribution in [3.05, 3.63) is 124 Å². The summed E-state index contributed by atoms with van der Waals surface area (Å²) in [5.74, 6) is 0. The summed E-state index contributed by atoms with van der Waals surface area (Å²) >= 11 is 0. The molecule has 0 saturated carbocycles. The Morgan fingerprint density at radius 3 is 1.42 bits per heavy atom. The van der Waals surface area contributed by atoms with Crippen LogP contribution in [0.1, 0.15) is 0 Å². The van der Waals surface area contributed by atoms with Crippen LogP contribution in [0.4, 0.5) is 0 Å². The number of aryl methyl sites for hydroxylation is 2. The Morgan fingerprint density at radius 2 is 1.04 bits per heavy atom. The summed E-state index contributed by atoms with van der Waals surface area (Å²) in [7, 11) is 3.85. The summed E-state index contributed by atoms with van der Waals surface area (Å²) < 4.78 is 22.7. The van der Waals surface area contributed by atoms with Gasteiger partial charge in [0.2, 0.25) is 12.7 Å². The molecule has 0 aliphatic rings. The Balaban J connectivity index is 0.000000146. The van der Waals surface area contributed by atoms with Crippen molar-refractivity contribution in [1.29, 1.82) is 0 Å². The number of hydrogen-bond acceptors (Lipinski definition) is 4. The smallest absolute Gasteiger partial charge is 0.243 e. The molecule has 8 heterocycles. The van der Waals surface area contributed by atoms with E-state index in [2.05, 4.69) is 35.3 Å². The summed E-state index contributed by atoms with van der Waals surface area (Å²) in [4.78, 5) is 17.6. The van der Waals surface area contributed by atoms with Crippen LogP contribution < -0.4 is 19.1 Å². The molecule has 244 valence electrons. The Bertz CT molecular complexity index is 2450. The largest absolute Gasteiger partial charge is 0.665 e. The van der Waals surface area contributed by atoms with Crippen molar-refractivity contribution in [3.8, 4) is 22.7 Å². The van der Waals surface area contributed by atoms with Crippen LogP contribution in [0, 0.1) is 25.3 Å². The minimum Gasteiger partial charge on any atom is -0.665 e. The molecule has 2 aromatic carbocycles. The Hall–Kier alpha value is -5.18. The number of nitrogens with zero attached hydrogens (tertiary/aromatic N) is 10. The molecule has 0 aliphatic heterocycles. The van der Waals surface area contributed by atoms with Crippen molar-refractivity contribution in [3.63, 3.8) is 0 Å². The topological polar surface area (TPSA) is 108 Å². The number of para-hydroxylation sites is 2. The Morgan fingerprint density at radius 1 is 0.583 bits per heavy atom. The predicted molar refractivity (Wildman–Crippen MR) is 165 cm³/mol. The van der Waals surface area contributed by atoms with E-state index in [0.29, 0.717) is 0 Å². The minimum absolute atomic E-state index is 0. The monoisotopic (exact) mass is 992 g/mol. The first-order valence-corrected chi connectivity index (χ1v) is 14.3. The van der Waals surface area contributed by atoms with Crippen LogP contribution in [0.25, 0.3) is 66.8 Å². The van der Waals surface area contributed by atoms with E-state index < -0.39 is 0 Å². The first-order chi connectivity index (χ1) is 22.6. The SMILES string of the molecule is C[n+]1[c-]n(-c2coc3c2[n-]c2c(-n4[c-]ncc4)cccc23)cc1.C[n+]1[c-]n(-c2coc3c2[n-]c2c(-n4[c-]ncc4)cccc23)cc1.[Pt].[Pt]. The molecule has 12 nitrogen and oxygen atoms in total. The molecule has 8 aromatic heterocycles. The molecule has 0 unspecified atom stereocenters. The number of aromatic nitrogens is 10. The van der Waals surface area contributed by atoms with Gasteiger partial charge in [-0.2, -0.15) is 0 Å². The predicted octanol–water partition coefficient (Wildman–Crippen LogP) is 3.88. The fourth-order valence-electron chi connectivity index (χ4n) is 5.70. The number of benzene rings is 2. The van der Waals surface area contributed by atoms with Gasteiger partial charge in [-0.1, -0.05) is 72.2 Å². The second-order valence-corrected chi connectivity index (χ2v) is 10.7. The number of hydrogen-bond donors (Lipinski definition) is 0. The second kappa shape index (κ2) is 12.4.